The summed E-state index contributed by atoms with van der Waals surface area (Å²) in [4.78, 5) is 16.8. The summed E-state index contributed by atoms with van der Waals surface area (Å²) in [5, 5.41) is 10.5. The third-order valence-electron chi connectivity index (χ3n) is 8.15. The van der Waals surface area contributed by atoms with Crippen LogP contribution >= 0.6 is 11.8 Å². The standard InChI is InChI=1S/C25H33N3O2S/c1-25(2)18-8-7-17(22(25)13-18)15-26-11-9-19(10-12-26)27-16-23(29)28(24(27)30)20-5-4-6-21(14-20)31-3/h4-7,14,16,18-19,22,29H,8-13,15H2,1-3H3/t18-,22-/m0/s1. The number of nitrogens with zero attached hydrogens (tertiary/aromatic N) is 3. The first-order chi connectivity index (χ1) is 14.9. The molecule has 3 aliphatic carbocycles. The average Bonchev–Trinajstić information content (AvgIpc) is 3.08. The molecule has 1 N–H and O–H groups in total. The molecule has 2 bridgehead atoms. The highest BCUT2D eigenvalue weighted by Crippen LogP contribution is 2.59. The second-order valence-electron chi connectivity index (χ2n) is 10.0. The monoisotopic (exact) mass is 439 g/mol. The molecule has 1 saturated heterocycles. The van der Waals surface area contributed by atoms with Gasteiger partial charge in [-0.15, -0.1) is 11.8 Å². The van der Waals surface area contributed by atoms with Crippen LogP contribution in [0.2, 0.25) is 0 Å². The van der Waals surface area contributed by atoms with E-state index in [0.29, 0.717) is 5.41 Å². The van der Waals surface area contributed by atoms with E-state index < -0.39 is 0 Å². The number of benzene rings is 1. The van der Waals surface area contributed by atoms with E-state index in [0.717, 1.165) is 54.9 Å². The number of rotatable bonds is 5. The van der Waals surface area contributed by atoms with Gasteiger partial charge >= 0.3 is 5.69 Å². The highest BCUT2D eigenvalue weighted by molar-refractivity contribution is 7.98. The number of hydrogen-bond donors (Lipinski definition) is 1. The van der Waals surface area contributed by atoms with Crippen molar-refractivity contribution >= 4 is 11.8 Å². The number of thioether (sulfide) groups is 1. The SMILES string of the molecule is CSc1cccc(-n2c(O)cn(C3CCN(CC4=CC[C@H]5C[C@@H]4C5(C)C)CC3)c2=O)c1. The molecule has 1 aromatic carbocycles. The van der Waals surface area contributed by atoms with Crippen LogP contribution in [-0.4, -0.2) is 45.0 Å². The van der Waals surface area contributed by atoms with E-state index in [1.165, 1.54) is 17.4 Å². The Morgan fingerprint density at radius 2 is 2.00 bits per heavy atom. The predicted octanol–water partition coefficient (Wildman–Crippen LogP) is 4.70. The van der Waals surface area contributed by atoms with Crippen molar-refractivity contribution in [1.82, 2.24) is 14.0 Å². The maximum Gasteiger partial charge on any atom is 0.335 e. The van der Waals surface area contributed by atoms with Gasteiger partial charge in [-0.25, -0.2) is 9.36 Å². The Hall–Kier alpha value is -1.92. The van der Waals surface area contributed by atoms with Gasteiger partial charge in [0, 0.05) is 30.6 Å². The fourth-order valence-corrected chi connectivity index (χ4v) is 6.43. The first-order valence-electron chi connectivity index (χ1n) is 11.5. The van der Waals surface area contributed by atoms with Crippen LogP contribution in [-0.2, 0) is 0 Å². The van der Waals surface area contributed by atoms with E-state index in [2.05, 4.69) is 24.8 Å². The molecule has 0 amide bonds. The summed E-state index contributed by atoms with van der Waals surface area (Å²) in [6.07, 6.45) is 10.6. The quantitative estimate of drug-likeness (QED) is 0.542. The van der Waals surface area contributed by atoms with Gasteiger partial charge in [-0.05, 0) is 67.4 Å². The largest absolute Gasteiger partial charge is 0.493 e. The normalized spacial score (nSPS) is 25.8. The first-order valence-corrected chi connectivity index (χ1v) is 12.7. The molecule has 1 aliphatic heterocycles. The molecule has 4 aliphatic rings. The first kappa shape index (κ1) is 21.0. The highest BCUT2D eigenvalue weighted by atomic mass is 32.2. The topological polar surface area (TPSA) is 50.4 Å². The van der Waals surface area contributed by atoms with Gasteiger partial charge in [0.1, 0.15) is 0 Å². The molecular weight excluding hydrogens is 406 g/mol. The molecule has 0 radical (unpaired) electrons. The Kier molecular flexibility index (Phi) is 5.33. The zero-order valence-electron chi connectivity index (χ0n) is 18.8. The van der Waals surface area contributed by atoms with Crippen LogP contribution in [0.4, 0.5) is 0 Å². The van der Waals surface area contributed by atoms with Gasteiger partial charge in [0.25, 0.3) is 0 Å². The maximum atomic E-state index is 13.1. The van der Waals surface area contributed by atoms with Crippen molar-refractivity contribution in [3.63, 3.8) is 0 Å². The summed E-state index contributed by atoms with van der Waals surface area (Å²) in [5.74, 6) is 1.65. The number of likely N-dealkylation sites (tertiary alicyclic amines) is 1. The number of aromatic hydroxyl groups is 1. The maximum absolute atomic E-state index is 13.1. The lowest BCUT2D eigenvalue weighted by molar-refractivity contribution is -0.0115. The number of aromatic nitrogens is 2. The average molecular weight is 440 g/mol. The molecule has 6 heteroatoms. The minimum Gasteiger partial charge on any atom is -0.493 e. The van der Waals surface area contributed by atoms with E-state index >= 15 is 0 Å². The molecule has 1 aromatic heterocycles. The van der Waals surface area contributed by atoms with E-state index in [1.54, 1.807) is 28.1 Å². The molecule has 0 unspecified atom stereocenters. The number of piperidine rings is 1. The minimum absolute atomic E-state index is 0.0137. The molecule has 31 heavy (non-hydrogen) atoms. The van der Waals surface area contributed by atoms with Crippen molar-refractivity contribution in [2.24, 2.45) is 17.3 Å². The molecule has 2 fully saturated rings. The third kappa shape index (κ3) is 3.58. The predicted molar refractivity (Wildman–Crippen MR) is 126 cm³/mol. The molecular formula is C25H33N3O2S. The van der Waals surface area contributed by atoms with Crippen LogP contribution in [0.1, 0.15) is 45.6 Å². The molecule has 1 saturated carbocycles. The van der Waals surface area contributed by atoms with Crippen LogP contribution in [0, 0.1) is 17.3 Å². The molecule has 0 spiro atoms. The summed E-state index contributed by atoms with van der Waals surface area (Å²) in [6, 6.07) is 7.90. The van der Waals surface area contributed by atoms with Crippen molar-refractivity contribution in [1.29, 1.82) is 0 Å². The van der Waals surface area contributed by atoms with Crippen molar-refractivity contribution in [3.05, 3.63) is 52.6 Å². The highest BCUT2D eigenvalue weighted by Gasteiger charge is 2.51. The van der Waals surface area contributed by atoms with Gasteiger partial charge in [-0.3, -0.25) is 9.47 Å². The molecule has 2 aromatic rings. The molecule has 5 nitrogen and oxygen atoms in total. The summed E-state index contributed by atoms with van der Waals surface area (Å²) >= 11 is 1.63. The van der Waals surface area contributed by atoms with Crippen molar-refractivity contribution in [3.8, 4) is 11.6 Å². The van der Waals surface area contributed by atoms with Gasteiger partial charge in [-0.2, -0.15) is 0 Å². The second kappa shape index (κ2) is 7.89. The van der Waals surface area contributed by atoms with Crippen molar-refractivity contribution in [2.45, 2.75) is 50.5 Å². The zero-order chi connectivity index (χ0) is 21.8. The summed E-state index contributed by atoms with van der Waals surface area (Å²) in [7, 11) is 0. The number of fused-ring (bicyclic) bond motifs is 1. The Labute approximate surface area is 188 Å². The van der Waals surface area contributed by atoms with Gasteiger partial charge < -0.3 is 5.11 Å². The van der Waals surface area contributed by atoms with Crippen LogP contribution in [0.15, 0.2) is 51.8 Å². The zero-order valence-corrected chi connectivity index (χ0v) is 19.6. The van der Waals surface area contributed by atoms with Crippen molar-refractivity contribution in [2.75, 3.05) is 25.9 Å². The van der Waals surface area contributed by atoms with Gasteiger partial charge in [0.15, 0.2) is 0 Å². The molecule has 166 valence electrons. The summed E-state index contributed by atoms with van der Waals surface area (Å²) in [5.41, 5.74) is 2.69. The molecule has 2 atom stereocenters. The second-order valence-corrected chi connectivity index (χ2v) is 10.9. The fraction of sp³-hybridized carbons (Fsp3) is 0.560. The molecule has 2 heterocycles. The number of allylic oxidation sites excluding steroid dienone is 1. The van der Waals surface area contributed by atoms with Crippen LogP contribution in [0.3, 0.4) is 0 Å². The lowest BCUT2D eigenvalue weighted by Gasteiger charge is -2.57. The van der Waals surface area contributed by atoms with Gasteiger partial charge in [0.2, 0.25) is 5.88 Å². The van der Waals surface area contributed by atoms with E-state index in [9.17, 15) is 9.90 Å². The Balaban J connectivity index is 1.27. The van der Waals surface area contributed by atoms with Crippen molar-refractivity contribution < 1.29 is 5.11 Å². The Bertz CT molecular complexity index is 1060. The van der Waals surface area contributed by atoms with E-state index in [4.69, 9.17) is 0 Å². The number of hydrogen-bond acceptors (Lipinski definition) is 4. The van der Waals surface area contributed by atoms with Gasteiger partial charge in [0.05, 0.1) is 11.9 Å². The lowest BCUT2D eigenvalue weighted by atomic mass is 9.49. The van der Waals surface area contributed by atoms with Crippen LogP contribution < -0.4 is 5.69 Å². The van der Waals surface area contributed by atoms with E-state index in [1.807, 2.05) is 30.5 Å². The number of imidazole rings is 1. The van der Waals surface area contributed by atoms with Gasteiger partial charge in [-0.1, -0.05) is 31.6 Å². The fourth-order valence-electron chi connectivity index (χ4n) is 5.97. The lowest BCUT2D eigenvalue weighted by Crippen LogP contribution is -2.50. The van der Waals surface area contributed by atoms with E-state index in [-0.39, 0.29) is 17.6 Å². The summed E-state index contributed by atoms with van der Waals surface area (Å²) < 4.78 is 3.17. The van der Waals surface area contributed by atoms with Crippen LogP contribution in [0.5, 0.6) is 5.88 Å². The molecule has 6 rings (SSSR count). The van der Waals surface area contributed by atoms with Crippen LogP contribution in [0.25, 0.3) is 5.69 Å². The Morgan fingerprint density at radius 1 is 1.23 bits per heavy atom. The smallest absolute Gasteiger partial charge is 0.335 e. The Morgan fingerprint density at radius 3 is 2.68 bits per heavy atom. The third-order valence-corrected chi connectivity index (χ3v) is 8.87. The minimum atomic E-state index is -0.147. The summed E-state index contributed by atoms with van der Waals surface area (Å²) in [6.45, 7) is 7.95.